The van der Waals surface area contributed by atoms with E-state index in [1.807, 2.05) is 18.5 Å². The first-order chi connectivity index (χ1) is 24.3. The van der Waals surface area contributed by atoms with Crippen LogP contribution in [0.15, 0.2) is 128 Å². The van der Waals surface area contributed by atoms with Gasteiger partial charge in [-0.25, -0.2) is 4.98 Å². The molecule has 3 heterocycles. The van der Waals surface area contributed by atoms with E-state index in [1.165, 1.54) is 76.2 Å². The molecule has 0 atom stereocenters. The van der Waals surface area contributed by atoms with Gasteiger partial charge in [0.1, 0.15) is 5.82 Å². The van der Waals surface area contributed by atoms with Gasteiger partial charge in [0.15, 0.2) is 0 Å². The lowest BCUT2D eigenvalue weighted by Crippen LogP contribution is -2.55. The van der Waals surface area contributed by atoms with Crippen molar-refractivity contribution in [3.63, 3.8) is 0 Å². The van der Waals surface area contributed by atoms with Crippen molar-refractivity contribution in [2.24, 2.45) is 23.7 Å². The molecule has 3 aromatic heterocycles. The van der Waals surface area contributed by atoms with E-state index in [9.17, 15) is 0 Å². The lowest BCUT2D eigenvalue weighted by atomic mass is 9.43. The van der Waals surface area contributed by atoms with Gasteiger partial charge in [0, 0.05) is 39.4 Å². The summed E-state index contributed by atoms with van der Waals surface area (Å²) in [6, 6.07) is 43.4. The van der Waals surface area contributed by atoms with E-state index in [0.29, 0.717) is 0 Å². The summed E-state index contributed by atoms with van der Waals surface area (Å²) >= 11 is 0. The number of pyridine rings is 2. The SMILES string of the molecule is c1ccc2c(c1)-c1c(-c3ccc4c(c3)c3ccccc3n4-c3cc4ccc5cccnc5c4cn3)cccc1C21C2CC3CC(C2)CC1C3. The van der Waals surface area contributed by atoms with Crippen molar-refractivity contribution in [2.45, 2.75) is 37.5 Å². The maximum atomic E-state index is 5.06. The molecule has 5 aliphatic rings. The molecule has 0 radical (unpaired) electrons. The van der Waals surface area contributed by atoms with E-state index in [2.05, 4.69) is 119 Å². The van der Waals surface area contributed by atoms with Crippen LogP contribution >= 0.6 is 0 Å². The summed E-state index contributed by atoms with van der Waals surface area (Å²) in [6.45, 7) is 0. The van der Waals surface area contributed by atoms with Crippen molar-refractivity contribution in [2.75, 3.05) is 0 Å². The third-order valence-corrected chi connectivity index (χ3v) is 13.2. The number of fused-ring (bicyclic) bond motifs is 9. The predicted octanol–water partition coefficient (Wildman–Crippen LogP) is 11.3. The van der Waals surface area contributed by atoms with Crippen LogP contribution in [0.1, 0.15) is 43.2 Å². The van der Waals surface area contributed by atoms with Gasteiger partial charge in [-0.2, -0.15) is 0 Å². The monoisotopic (exact) mass is 629 g/mol. The molecule has 234 valence electrons. The third-order valence-electron chi connectivity index (χ3n) is 13.2. The normalized spacial score (nSPS) is 24.8. The summed E-state index contributed by atoms with van der Waals surface area (Å²) in [5, 5.41) is 5.89. The van der Waals surface area contributed by atoms with Crippen LogP contribution in [-0.4, -0.2) is 14.5 Å². The van der Waals surface area contributed by atoms with Gasteiger partial charge in [0.25, 0.3) is 0 Å². The lowest BCUT2D eigenvalue weighted by molar-refractivity contribution is -0.0399. The molecule has 3 heteroatoms. The molecule has 4 saturated carbocycles. The van der Waals surface area contributed by atoms with E-state index < -0.39 is 0 Å². The van der Waals surface area contributed by atoms with Gasteiger partial charge in [-0.15, -0.1) is 0 Å². The molecule has 13 rings (SSSR count). The third kappa shape index (κ3) is 3.38. The standard InChI is InChI=1S/C46H35N3/c1-3-11-39-36(9-1)44-34(10-5-12-40(44)46(39)32-20-27-19-28(22-32)23-33(46)21-27)30-16-17-42-37(24-30)35-8-2-4-13-41(35)49(42)43-25-31-15-14-29-7-6-18-47-45(29)38(31)26-48-43/h1-18,24-28,32-33H,19-23H2. The van der Waals surface area contributed by atoms with Crippen LogP contribution < -0.4 is 0 Å². The fraction of sp³-hybridized carbons (Fsp3) is 0.217. The Morgan fingerprint density at radius 3 is 2.20 bits per heavy atom. The minimum Gasteiger partial charge on any atom is -0.294 e. The summed E-state index contributed by atoms with van der Waals surface area (Å²) < 4.78 is 2.34. The molecule has 0 unspecified atom stereocenters. The van der Waals surface area contributed by atoms with Crippen LogP contribution in [0.4, 0.5) is 0 Å². The van der Waals surface area contributed by atoms with Crippen LogP contribution in [-0.2, 0) is 5.41 Å². The van der Waals surface area contributed by atoms with Crippen molar-refractivity contribution in [1.82, 2.24) is 14.5 Å². The van der Waals surface area contributed by atoms with E-state index in [-0.39, 0.29) is 5.41 Å². The minimum atomic E-state index is 0.179. The van der Waals surface area contributed by atoms with Crippen molar-refractivity contribution < 1.29 is 0 Å². The van der Waals surface area contributed by atoms with Gasteiger partial charge < -0.3 is 0 Å². The van der Waals surface area contributed by atoms with Gasteiger partial charge in [-0.3, -0.25) is 9.55 Å². The first-order valence-electron chi connectivity index (χ1n) is 18.2. The smallest absolute Gasteiger partial charge is 0.138 e. The summed E-state index contributed by atoms with van der Waals surface area (Å²) in [6.07, 6.45) is 11.0. The summed E-state index contributed by atoms with van der Waals surface area (Å²) in [5.41, 5.74) is 12.4. The molecule has 1 spiro atoms. The van der Waals surface area contributed by atoms with Gasteiger partial charge in [0.2, 0.25) is 0 Å². The van der Waals surface area contributed by atoms with E-state index in [4.69, 9.17) is 4.98 Å². The molecule has 8 aromatic rings. The number of rotatable bonds is 2. The molecule has 4 fully saturated rings. The molecule has 49 heavy (non-hydrogen) atoms. The first kappa shape index (κ1) is 26.6. The van der Waals surface area contributed by atoms with Gasteiger partial charge in [-0.05, 0) is 125 Å². The minimum absolute atomic E-state index is 0.179. The van der Waals surface area contributed by atoms with E-state index in [1.54, 1.807) is 11.1 Å². The number of benzene rings is 5. The topological polar surface area (TPSA) is 30.7 Å². The average Bonchev–Trinajstić information content (AvgIpc) is 3.64. The Kier molecular flexibility index (Phi) is 5.14. The molecule has 0 amide bonds. The molecule has 5 aliphatic carbocycles. The van der Waals surface area contributed by atoms with Crippen LogP contribution in [0.2, 0.25) is 0 Å². The maximum Gasteiger partial charge on any atom is 0.138 e. The highest BCUT2D eigenvalue weighted by atomic mass is 15.1. The second-order valence-corrected chi connectivity index (χ2v) is 15.4. The Hall–Kier alpha value is -5.28. The Balaban J connectivity index is 1.06. The average molecular weight is 630 g/mol. The second-order valence-electron chi connectivity index (χ2n) is 15.4. The second kappa shape index (κ2) is 9.45. The van der Waals surface area contributed by atoms with Crippen molar-refractivity contribution in [3.05, 3.63) is 139 Å². The van der Waals surface area contributed by atoms with Crippen LogP contribution in [0, 0.1) is 23.7 Å². The van der Waals surface area contributed by atoms with Gasteiger partial charge in [-0.1, -0.05) is 84.9 Å². The summed E-state index contributed by atoms with van der Waals surface area (Å²) in [5.74, 6) is 4.36. The molecular formula is C46H35N3. The highest BCUT2D eigenvalue weighted by Crippen LogP contribution is 2.70. The van der Waals surface area contributed by atoms with Crippen molar-refractivity contribution in [1.29, 1.82) is 0 Å². The van der Waals surface area contributed by atoms with Crippen LogP contribution in [0.25, 0.3) is 71.6 Å². The highest BCUT2D eigenvalue weighted by molar-refractivity contribution is 6.11. The Morgan fingerprint density at radius 2 is 1.31 bits per heavy atom. The lowest BCUT2D eigenvalue weighted by Gasteiger charge is -2.61. The molecule has 4 bridgehead atoms. The number of aromatic nitrogens is 3. The zero-order valence-corrected chi connectivity index (χ0v) is 27.3. The molecule has 0 saturated heterocycles. The summed E-state index contributed by atoms with van der Waals surface area (Å²) in [4.78, 5) is 9.74. The Morgan fingerprint density at radius 1 is 0.551 bits per heavy atom. The largest absolute Gasteiger partial charge is 0.294 e. The van der Waals surface area contributed by atoms with Gasteiger partial charge >= 0.3 is 0 Å². The van der Waals surface area contributed by atoms with Crippen molar-refractivity contribution in [3.8, 4) is 28.1 Å². The Labute approximate surface area is 285 Å². The zero-order valence-electron chi connectivity index (χ0n) is 27.3. The van der Waals surface area contributed by atoms with Crippen LogP contribution in [0.5, 0.6) is 0 Å². The Bertz CT molecular complexity index is 2670. The van der Waals surface area contributed by atoms with Crippen molar-refractivity contribution >= 4 is 43.5 Å². The van der Waals surface area contributed by atoms with Gasteiger partial charge in [0.05, 0.1) is 16.6 Å². The molecule has 5 aromatic carbocycles. The van der Waals surface area contributed by atoms with E-state index in [0.717, 1.165) is 51.2 Å². The molecule has 0 N–H and O–H groups in total. The summed E-state index contributed by atoms with van der Waals surface area (Å²) in [7, 11) is 0. The highest BCUT2D eigenvalue weighted by Gasteiger charge is 2.61. The fourth-order valence-electron chi connectivity index (χ4n) is 11.7. The number of nitrogens with zero attached hydrogens (tertiary/aromatic N) is 3. The number of hydrogen-bond donors (Lipinski definition) is 0. The van der Waals surface area contributed by atoms with E-state index >= 15 is 0 Å². The number of hydrogen-bond acceptors (Lipinski definition) is 2. The quantitative estimate of drug-likeness (QED) is 0.178. The predicted molar refractivity (Wildman–Crippen MR) is 200 cm³/mol. The maximum absolute atomic E-state index is 5.06. The number of para-hydroxylation sites is 1. The molecule has 3 nitrogen and oxygen atoms in total. The first-order valence-corrected chi connectivity index (χ1v) is 18.2. The fourth-order valence-corrected chi connectivity index (χ4v) is 11.7. The molecular weight excluding hydrogens is 595 g/mol. The van der Waals surface area contributed by atoms with Crippen LogP contribution in [0.3, 0.4) is 0 Å². The molecule has 0 aliphatic heterocycles. The zero-order chi connectivity index (χ0) is 31.8.